The minimum absolute atomic E-state index is 0.0517. The van der Waals surface area contributed by atoms with Gasteiger partial charge in [-0.25, -0.2) is 13.8 Å². The number of anilines is 1. The van der Waals surface area contributed by atoms with E-state index < -0.39 is 6.04 Å². The molecule has 8 heteroatoms. The third-order valence-electron chi connectivity index (χ3n) is 7.24. The van der Waals surface area contributed by atoms with Crippen LogP contribution in [0.1, 0.15) is 36.7 Å². The summed E-state index contributed by atoms with van der Waals surface area (Å²) in [5.41, 5.74) is 3.38. The van der Waals surface area contributed by atoms with Crippen LogP contribution in [0.4, 0.5) is 14.5 Å². The zero-order valence-electron chi connectivity index (χ0n) is 20.9. The highest BCUT2D eigenvalue weighted by Gasteiger charge is 2.36. The average molecular weight is 500 g/mol. The van der Waals surface area contributed by atoms with Crippen LogP contribution in [-0.2, 0) is 7.05 Å². The summed E-state index contributed by atoms with van der Waals surface area (Å²) in [5.74, 6) is -0.658. The Hall–Kier alpha value is -4.09. The predicted octanol–water partition coefficient (Wildman–Crippen LogP) is 4.77. The molecule has 0 radical (unpaired) electrons. The van der Waals surface area contributed by atoms with Gasteiger partial charge in [0.15, 0.2) is 0 Å². The number of nitriles is 1. The number of benzene rings is 2. The molecule has 1 saturated heterocycles. The lowest BCUT2D eigenvalue weighted by molar-refractivity contribution is 0.128. The van der Waals surface area contributed by atoms with Crippen molar-refractivity contribution in [1.82, 2.24) is 14.5 Å². The summed E-state index contributed by atoms with van der Waals surface area (Å²) < 4.78 is 30.3. The van der Waals surface area contributed by atoms with E-state index in [1.807, 2.05) is 6.07 Å². The van der Waals surface area contributed by atoms with Gasteiger partial charge in [0.2, 0.25) is 0 Å². The molecule has 6 nitrogen and oxygen atoms in total. The van der Waals surface area contributed by atoms with E-state index in [-0.39, 0.29) is 35.0 Å². The van der Waals surface area contributed by atoms with Crippen molar-refractivity contribution < 1.29 is 8.78 Å². The molecule has 1 fully saturated rings. The number of halogens is 2. The van der Waals surface area contributed by atoms with Crippen LogP contribution < -0.4 is 10.5 Å². The van der Waals surface area contributed by atoms with E-state index >= 15 is 4.39 Å². The molecule has 1 aliphatic heterocycles. The summed E-state index contributed by atoms with van der Waals surface area (Å²) in [4.78, 5) is 21.7. The molecule has 3 heterocycles. The first-order valence-electron chi connectivity index (χ1n) is 12.2. The van der Waals surface area contributed by atoms with Crippen LogP contribution in [0, 0.1) is 23.0 Å². The van der Waals surface area contributed by atoms with Crippen molar-refractivity contribution in [3.8, 4) is 6.07 Å². The Morgan fingerprint density at radius 1 is 1.00 bits per heavy atom. The standard InChI is InChI=1S/C29H27F2N5O/c1-18-17-36(29(20-8-10-21(30)11-9-20)23-6-4-5-7-24(23)31)19(2)16-35(18)26-14-27(37)34(3)25-13-12-22(15-32)33-28(25)26/h4-14,18-19,29H,16-17H2,1-3H3/t18-,19+,29?/m0/s1. The number of fused-ring (bicyclic) bond motifs is 1. The SMILES string of the molecule is C[C@@H]1CN(c2cc(=O)n(C)c3ccc(C#N)nc23)[C@@H](C)CN1C(c1ccc(F)cc1)c1ccccc1F. The lowest BCUT2D eigenvalue weighted by atomic mass is 9.93. The molecule has 1 unspecified atom stereocenters. The highest BCUT2D eigenvalue weighted by molar-refractivity contribution is 5.89. The first-order chi connectivity index (χ1) is 17.8. The second-order valence-electron chi connectivity index (χ2n) is 9.63. The lowest BCUT2D eigenvalue weighted by Gasteiger charge is -2.48. The van der Waals surface area contributed by atoms with Gasteiger partial charge in [-0.2, -0.15) is 5.26 Å². The Labute approximate surface area is 214 Å². The largest absolute Gasteiger partial charge is 0.364 e. The quantitative estimate of drug-likeness (QED) is 0.405. The van der Waals surface area contributed by atoms with E-state index in [0.717, 1.165) is 5.56 Å². The number of hydrogen-bond donors (Lipinski definition) is 0. The van der Waals surface area contributed by atoms with E-state index in [2.05, 4.69) is 34.7 Å². The van der Waals surface area contributed by atoms with Gasteiger partial charge in [-0.1, -0.05) is 30.3 Å². The molecular weight excluding hydrogens is 472 g/mol. The van der Waals surface area contributed by atoms with E-state index in [9.17, 15) is 14.4 Å². The number of aryl methyl sites for hydroxylation is 1. The molecule has 0 aliphatic carbocycles. The normalized spacial score (nSPS) is 19.1. The highest BCUT2D eigenvalue weighted by Crippen LogP contribution is 2.36. The number of nitrogens with zero attached hydrogens (tertiary/aromatic N) is 5. The topological polar surface area (TPSA) is 65.2 Å². The zero-order chi connectivity index (χ0) is 26.3. The molecule has 5 rings (SSSR count). The Balaban J connectivity index is 1.57. The van der Waals surface area contributed by atoms with Crippen molar-refractivity contribution in [3.05, 3.63) is 106 Å². The second kappa shape index (κ2) is 9.75. The number of piperazine rings is 1. The van der Waals surface area contributed by atoms with Crippen LogP contribution in [0.15, 0.2) is 71.5 Å². The van der Waals surface area contributed by atoms with Crippen LogP contribution >= 0.6 is 0 Å². The van der Waals surface area contributed by atoms with Crippen molar-refractivity contribution in [2.45, 2.75) is 32.0 Å². The number of rotatable bonds is 4. The summed E-state index contributed by atoms with van der Waals surface area (Å²) in [7, 11) is 1.69. The van der Waals surface area contributed by atoms with Crippen molar-refractivity contribution >= 4 is 16.7 Å². The fourth-order valence-electron chi connectivity index (χ4n) is 5.33. The van der Waals surface area contributed by atoms with E-state index in [4.69, 9.17) is 0 Å². The van der Waals surface area contributed by atoms with Crippen molar-refractivity contribution in [2.24, 2.45) is 7.05 Å². The van der Waals surface area contributed by atoms with Gasteiger partial charge in [0.05, 0.1) is 17.2 Å². The zero-order valence-corrected chi connectivity index (χ0v) is 20.9. The Kier molecular flexibility index (Phi) is 6.48. The minimum atomic E-state index is -0.412. The summed E-state index contributed by atoms with van der Waals surface area (Å²) in [6.45, 7) is 5.23. The van der Waals surface area contributed by atoms with Gasteiger partial charge in [0.1, 0.15) is 28.9 Å². The molecule has 3 atom stereocenters. The number of pyridine rings is 2. The predicted molar refractivity (Wildman–Crippen MR) is 139 cm³/mol. The maximum Gasteiger partial charge on any atom is 0.252 e. The molecule has 188 valence electrons. The summed E-state index contributed by atoms with van der Waals surface area (Å²) in [6.07, 6.45) is 0. The van der Waals surface area contributed by atoms with Gasteiger partial charge in [-0.3, -0.25) is 9.69 Å². The average Bonchev–Trinajstić information content (AvgIpc) is 2.90. The van der Waals surface area contributed by atoms with Crippen molar-refractivity contribution in [2.75, 3.05) is 18.0 Å². The Morgan fingerprint density at radius 3 is 2.43 bits per heavy atom. The summed E-state index contributed by atoms with van der Waals surface area (Å²) in [6, 6.07) is 19.4. The fourth-order valence-corrected chi connectivity index (χ4v) is 5.33. The van der Waals surface area contributed by atoms with Crippen molar-refractivity contribution in [1.29, 1.82) is 5.26 Å². The third kappa shape index (κ3) is 4.47. The molecule has 4 aromatic rings. The Morgan fingerprint density at radius 2 is 1.73 bits per heavy atom. The Bertz CT molecular complexity index is 1560. The van der Waals surface area contributed by atoms with Crippen LogP contribution in [-0.4, -0.2) is 39.6 Å². The number of aromatic nitrogens is 2. The monoisotopic (exact) mass is 499 g/mol. The minimum Gasteiger partial charge on any atom is -0.364 e. The van der Waals surface area contributed by atoms with Gasteiger partial charge in [-0.15, -0.1) is 0 Å². The van der Waals surface area contributed by atoms with Gasteiger partial charge in [0, 0.05) is 43.9 Å². The van der Waals surface area contributed by atoms with Gasteiger partial charge >= 0.3 is 0 Å². The molecule has 0 spiro atoms. The first-order valence-corrected chi connectivity index (χ1v) is 12.2. The van der Waals surface area contributed by atoms with Crippen LogP contribution in [0.5, 0.6) is 0 Å². The molecule has 0 saturated carbocycles. The molecule has 1 aliphatic rings. The molecule has 0 N–H and O–H groups in total. The van der Waals surface area contributed by atoms with Gasteiger partial charge < -0.3 is 9.47 Å². The van der Waals surface area contributed by atoms with Crippen molar-refractivity contribution in [3.63, 3.8) is 0 Å². The maximum atomic E-state index is 15.1. The molecule has 37 heavy (non-hydrogen) atoms. The smallest absolute Gasteiger partial charge is 0.252 e. The highest BCUT2D eigenvalue weighted by atomic mass is 19.1. The summed E-state index contributed by atoms with van der Waals surface area (Å²) >= 11 is 0. The lowest BCUT2D eigenvalue weighted by Crippen LogP contribution is -2.57. The first kappa shape index (κ1) is 24.6. The summed E-state index contributed by atoms with van der Waals surface area (Å²) in [5, 5.41) is 9.41. The van der Waals surface area contributed by atoms with Crippen LogP contribution in [0.25, 0.3) is 11.0 Å². The number of hydrogen-bond acceptors (Lipinski definition) is 5. The van der Waals surface area contributed by atoms with E-state index in [1.165, 1.54) is 22.8 Å². The van der Waals surface area contributed by atoms with E-state index in [1.54, 1.807) is 49.5 Å². The van der Waals surface area contributed by atoms with E-state index in [0.29, 0.717) is 35.4 Å². The van der Waals surface area contributed by atoms with Gasteiger partial charge in [-0.05, 0) is 49.7 Å². The van der Waals surface area contributed by atoms with Crippen LogP contribution in [0.3, 0.4) is 0 Å². The molecule has 0 bridgehead atoms. The maximum absolute atomic E-state index is 15.1. The third-order valence-corrected chi connectivity index (χ3v) is 7.24. The molecular formula is C29H27F2N5O. The second-order valence-corrected chi connectivity index (χ2v) is 9.63. The molecule has 2 aromatic carbocycles. The molecule has 2 aromatic heterocycles. The van der Waals surface area contributed by atoms with Gasteiger partial charge in [0.25, 0.3) is 5.56 Å². The van der Waals surface area contributed by atoms with Crippen LogP contribution in [0.2, 0.25) is 0 Å². The molecule has 0 amide bonds. The fraction of sp³-hybridized carbons (Fsp3) is 0.276.